The molecule has 0 aromatic heterocycles. The summed E-state index contributed by atoms with van der Waals surface area (Å²) in [5, 5.41) is 50.4. The van der Waals surface area contributed by atoms with Gasteiger partial charge in [-0.25, -0.2) is 0 Å². The van der Waals surface area contributed by atoms with E-state index in [1.165, 1.54) is 0 Å². The molecule has 0 saturated heterocycles. The van der Waals surface area contributed by atoms with E-state index in [1.54, 1.807) is 0 Å². The van der Waals surface area contributed by atoms with Gasteiger partial charge in [0.15, 0.2) is 24.4 Å². The Bertz CT molecular complexity index is 102. The molecule has 0 saturated carbocycles. The average molecular weight is 169 g/mol. The van der Waals surface area contributed by atoms with E-state index in [4.69, 9.17) is 36.4 Å². The third-order valence-corrected chi connectivity index (χ3v) is 1.34. The maximum absolute atomic E-state index is 8.40. The van der Waals surface area contributed by atoms with Crippen LogP contribution in [0.3, 0.4) is 0 Å². The van der Waals surface area contributed by atoms with Gasteiger partial charge in [-0.15, -0.1) is 0 Å². The Morgan fingerprint density at radius 1 is 0.727 bits per heavy atom. The van der Waals surface area contributed by atoms with Gasteiger partial charge in [-0.05, 0) is 0 Å². The van der Waals surface area contributed by atoms with E-state index in [0.717, 1.165) is 0 Å². The number of hydrogen-bond donors (Lipinski definition) is 7. The van der Waals surface area contributed by atoms with Crippen molar-refractivity contribution in [2.45, 2.75) is 24.4 Å². The molecular formula is C4H11NO6. The highest BCUT2D eigenvalue weighted by Crippen LogP contribution is 2.13. The van der Waals surface area contributed by atoms with Crippen molar-refractivity contribution < 1.29 is 30.6 Å². The molecule has 0 aliphatic carbocycles. The molecule has 11 heavy (non-hydrogen) atoms. The van der Waals surface area contributed by atoms with Crippen LogP contribution in [0.25, 0.3) is 0 Å². The maximum atomic E-state index is 8.40. The first-order chi connectivity index (χ1) is 4.83. The van der Waals surface area contributed by atoms with E-state index in [0.29, 0.717) is 0 Å². The van der Waals surface area contributed by atoms with Gasteiger partial charge in [0.2, 0.25) is 0 Å². The lowest BCUT2D eigenvalue weighted by Gasteiger charge is -2.33. The predicted molar refractivity (Wildman–Crippen MR) is 31.6 cm³/mol. The molecule has 0 radical (unpaired) electrons. The Kier molecular flexibility index (Phi) is 3.32. The summed E-state index contributed by atoms with van der Waals surface area (Å²) >= 11 is 0. The van der Waals surface area contributed by atoms with E-state index >= 15 is 0 Å². The summed E-state index contributed by atoms with van der Waals surface area (Å²) in [5.74, 6) is 0. The van der Waals surface area contributed by atoms with Gasteiger partial charge in [0.25, 0.3) is 0 Å². The van der Waals surface area contributed by atoms with Crippen LogP contribution in [-0.2, 0) is 0 Å². The Hall–Kier alpha value is -0.280. The van der Waals surface area contributed by atoms with Crippen molar-refractivity contribution in [2.75, 3.05) is 0 Å². The molecule has 0 aromatic carbocycles. The fourth-order valence-electron chi connectivity index (χ4n) is 0.400. The van der Waals surface area contributed by atoms with Gasteiger partial charge < -0.3 is 36.4 Å². The van der Waals surface area contributed by atoms with Crippen molar-refractivity contribution in [1.82, 2.24) is 0 Å². The zero-order valence-corrected chi connectivity index (χ0v) is 5.49. The molecule has 0 rings (SSSR count). The van der Waals surface area contributed by atoms with E-state index in [9.17, 15) is 0 Å². The molecule has 0 aliphatic heterocycles. The van der Waals surface area contributed by atoms with Gasteiger partial charge in [-0.2, -0.15) is 0 Å². The molecule has 0 unspecified atom stereocenters. The van der Waals surface area contributed by atoms with Crippen molar-refractivity contribution >= 4 is 0 Å². The van der Waals surface area contributed by atoms with Crippen LogP contribution in [0.2, 0.25) is 0 Å². The van der Waals surface area contributed by atoms with Gasteiger partial charge in [-0.1, -0.05) is 0 Å². The minimum Gasteiger partial charge on any atom is -0.366 e. The summed E-state index contributed by atoms with van der Waals surface area (Å²) in [7, 11) is 0. The topological polar surface area (TPSA) is 147 Å². The molecule has 0 bridgehead atoms. The Balaban J connectivity index is 4.53. The normalized spacial score (nSPS) is 13.6. The number of rotatable bonds is 3. The molecular weight excluding hydrogens is 158 g/mol. The summed E-state index contributed by atoms with van der Waals surface area (Å²) in [5.41, 5.74) is 2.16. The first kappa shape index (κ1) is 10.7. The van der Waals surface area contributed by atoms with Crippen molar-refractivity contribution in [1.29, 1.82) is 0 Å². The van der Waals surface area contributed by atoms with Crippen LogP contribution in [0, 0.1) is 0 Å². The second kappa shape index (κ2) is 3.41. The second-order valence-corrected chi connectivity index (χ2v) is 2.12. The van der Waals surface area contributed by atoms with Crippen LogP contribution in [0.15, 0.2) is 0 Å². The Morgan fingerprint density at radius 3 is 0.909 bits per heavy atom. The summed E-state index contributed by atoms with van der Waals surface area (Å²) in [6.45, 7) is 0. The molecule has 0 fully saturated rings. The molecule has 0 aliphatic rings. The van der Waals surface area contributed by atoms with Crippen LogP contribution in [0.4, 0.5) is 0 Å². The molecule has 7 nitrogen and oxygen atoms in total. The van der Waals surface area contributed by atoms with Crippen LogP contribution >= 0.6 is 0 Å². The molecule has 0 heterocycles. The van der Waals surface area contributed by atoms with Crippen molar-refractivity contribution in [3.63, 3.8) is 0 Å². The standard InChI is InChI=1S/C4H11NO6/c5-4(1(6)7,2(8)9)3(10)11/h1-3,6-11H,5H2. The fraction of sp³-hybridized carbons (Fsp3) is 1.00. The van der Waals surface area contributed by atoms with Gasteiger partial charge in [0, 0.05) is 0 Å². The zero-order valence-electron chi connectivity index (χ0n) is 5.49. The fourth-order valence-corrected chi connectivity index (χ4v) is 0.400. The van der Waals surface area contributed by atoms with E-state index < -0.39 is 24.4 Å². The van der Waals surface area contributed by atoms with Crippen molar-refractivity contribution in [3.05, 3.63) is 0 Å². The highest BCUT2D eigenvalue weighted by atomic mass is 16.5. The monoisotopic (exact) mass is 169 g/mol. The molecule has 0 atom stereocenters. The summed E-state index contributed by atoms with van der Waals surface area (Å²) in [4.78, 5) is 0. The van der Waals surface area contributed by atoms with Crippen LogP contribution in [0.5, 0.6) is 0 Å². The lowest BCUT2D eigenvalue weighted by Crippen LogP contribution is -2.66. The summed E-state index contributed by atoms with van der Waals surface area (Å²) in [6, 6.07) is 0. The SMILES string of the molecule is NC(C(O)O)(C(O)O)C(O)O. The molecule has 0 spiro atoms. The van der Waals surface area contributed by atoms with Gasteiger partial charge in [0.1, 0.15) is 0 Å². The van der Waals surface area contributed by atoms with Crippen molar-refractivity contribution in [2.24, 2.45) is 5.73 Å². The number of hydrogen-bond acceptors (Lipinski definition) is 7. The quantitative estimate of drug-likeness (QED) is 0.211. The molecule has 7 heteroatoms. The van der Waals surface area contributed by atoms with E-state index in [-0.39, 0.29) is 0 Å². The van der Waals surface area contributed by atoms with Crippen LogP contribution in [0.1, 0.15) is 0 Å². The Labute approximate surface area is 61.9 Å². The highest BCUT2D eigenvalue weighted by Gasteiger charge is 2.46. The number of nitrogens with two attached hydrogens (primary N) is 1. The van der Waals surface area contributed by atoms with E-state index in [1.807, 2.05) is 0 Å². The van der Waals surface area contributed by atoms with Gasteiger partial charge in [-0.3, -0.25) is 0 Å². The third-order valence-electron chi connectivity index (χ3n) is 1.34. The number of aliphatic hydroxyl groups excluding tert-OH is 3. The third kappa shape index (κ3) is 1.84. The molecule has 0 amide bonds. The lowest BCUT2D eigenvalue weighted by atomic mass is 9.99. The molecule has 68 valence electrons. The summed E-state index contributed by atoms with van der Waals surface area (Å²) in [6.07, 6.45) is -7.33. The first-order valence-corrected chi connectivity index (χ1v) is 2.70. The van der Waals surface area contributed by atoms with Gasteiger partial charge >= 0.3 is 0 Å². The maximum Gasteiger partial charge on any atom is 0.180 e. The largest absolute Gasteiger partial charge is 0.366 e. The van der Waals surface area contributed by atoms with Crippen molar-refractivity contribution in [3.8, 4) is 0 Å². The lowest BCUT2D eigenvalue weighted by molar-refractivity contribution is -0.261. The van der Waals surface area contributed by atoms with Crippen LogP contribution < -0.4 is 5.73 Å². The first-order valence-electron chi connectivity index (χ1n) is 2.70. The minimum absolute atomic E-state index is 2.44. The molecule has 8 N–H and O–H groups in total. The average Bonchev–Trinajstić information content (AvgIpc) is 1.84. The van der Waals surface area contributed by atoms with E-state index in [2.05, 4.69) is 0 Å². The number of aliphatic hydroxyl groups is 6. The summed E-state index contributed by atoms with van der Waals surface area (Å²) < 4.78 is 0. The smallest absolute Gasteiger partial charge is 0.180 e. The van der Waals surface area contributed by atoms with Gasteiger partial charge in [0.05, 0.1) is 0 Å². The highest BCUT2D eigenvalue weighted by molar-refractivity contribution is 4.90. The molecule has 0 aromatic rings. The minimum atomic E-state index is -2.67. The zero-order chi connectivity index (χ0) is 9.23. The predicted octanol–water partition coefficient (Wildman–Crippen LogP) is -4.38. The second-order valence-electron chi connectivity index (χ2n) is 2.12. The Morgan fingerprint density at radius 2 is 0.909 bits per heavy atom. The van der Waals surface area contributed by atoms with Crippen LogP contribution in [-0.4, -0.2) is 55.0 Å².